The number of carbonyl (C=O) groups is 2. The van der Waals surface area contributed by atoms with Gasteiger partial charge in [0.15, 0.2) is 0 Å². The number of nitrogens with one attached hydrogen (secondary N) is 1. The van der Waals surface area contributed by atoms with Gasteiger partial charge < -0.3 is 15.2 Å². The first-order valence-electron chi connectivity index (χ1n) is 7.96. The standard InChI is InChI=1S/C19H20ClNO4/c1-13(25-16-9-7-15(20)8-10-16)12-21-18(22)11-6-14-4-2-3-5-17(14)19(23)24/h2-5,7-10,13H,6,11-12H2,1H3,(H,21,22)(H,23,24). The van der Waals surface area contributed by atoms with E-state index in [1.807, 2.05) is 6.92 Å². The van der Waals surface area contributed by atoms with Crippen molar-refractivity contribution in [2.75, 3.05) is 6.54 Å². The molecule has 2 N–H and O–H groups in total. The number of carbonyl (C=O) groups excluding carboxylic acids is 1. The number of ether oxygens (including phenoxy) is 1. The summed E-state index contributed by atoms with van der Waals surface area (Å²) in [5.41, 5.74) is 0.880. The zero-order valence-corrected chi connectivity index (χ0v) is 14.6. The second-order valence-corrected chi connectivity index (χ2v) is 6.09. The molecule has 0 radical (unpaired) electrons. The number of carboxylic acid groups (broad SMARTS) is 1. The van der Waals surface area contributed by atoms with E-state index in [4.69, 9.17) is 21.4 Å². The van der Waals surface area contributed by atoms with Crippen molar-refractivity contribution in [3.63, 3.8) is 0 Å². The molecule has 132 valence electrons. The van der Waals surface area contributed by atoms with Crippen LogP contribution < -0.4 is 10.1 Å². The van der Waals surface area contributed by atoms with Gasteiger partial charge in [-0.3, -0.25) is 4.79 Å². The quantitative estimate of drug-likeness (QED) is 0.753. The third kappa shape index (κ3) is 6.12. The summed E-state index contributed by atoms with van der Waals surface area (Å²) < 4.78 is 5.68. The summed E-state index contributed by atoms with van der Waals surface area (Å²) in [6.45, 7) is 2.22. The van der Waals surface area contributed by atoms with Crippen LogP contribution in [0.3, 0.4) is 0 Å². The third-order valence-electron chi connectivity index (χ3n) is 3.61. The van der Waals surface area contributed by atoms with Crippen molar-refractivity contribution in [2.45, 2.75) is 25.9 Å². The van der Waals surface area contributed by atoms with Crippen molar-refractivity contribution < 1.29 is 19.4 Å². The third-order valence-corrected chi connectivity index (χ3v) is 3.86. The molecule has 5 nitrogen and oxygen atoms in total. The normalized spacial score (nSPS) is 11.6. The van der Waals surface area contributed by atoms with Gasteiger partial charge in [-0.05, 0) is 49.2 Å². The minimum absolute atomic E-state index is 0.147. The highest BCUT2D eigenvalue weighted by molar-refractivity contribution is 6.30. The molecule has 25 heavy (non-hydrogen) atoms. The summed E-state index contributed by atoms with van der Waals surface area (Å²) in [6.07, 6.45) is 0.398. The van der Waals surface area contributed by atoms with Crippen LogP contribution in [0.4, 0.5) is 0 Å². The number of amides is 1. The predicted molar refractivity (Wildman–Crippen MR) is 96.3 cm³/mol. The van der Waals surface area contributed by atoms with Crippen LogP contribution in [0.15, 0.2) is 48.5 Å². The predicted octanol–water partition coefficient (Wildman–Crippen LogP) is 3.55. The van der Waals surface area contributed by atoms with Gasteiger partial charge in [-0.25, -0.2) is 4.79 Å². The van der Waals surface area contributed by atoms with Crippen molar-refractivity contribution >= 4 is 23.5 Å². The molecule has 2 aromatic rings. The van der Waals surface area contributed by atoms with Gasteiger partial charge in [-0.15, -0.1) is 0 Å². The summed E-state index contributed by atoms with van der Waals surface area (Å²) in [5, 5.41) is 12.6. The monoisotopic (exact) mass is 361 g/mol. The van der Waals surface area contributed by atoms with E-state index in [0.29, 0.717) is 29.3 Å². The maximum absolute atomic E-state index is 12.0. The largest absolute Gasteiger partial charge is 0.489 e. The van der Waals surface area contributed by atoms with Crippen LogP contribution in [-0.4, -0.2) is 29.6 Å². The number of aromatic carboxylic acids is 1. The molecule has 2 rings (SSSR count). The van der Waals surface area contributed by atoms with Gasteiger partial charge in [0.2, 0.25) is 5.91 Å². The van der Waals surface area contributed by atoms with E-state index < -0.39 is 5.97 Å². The highest BCUT2D eigenvalue weighted by Gasteiger charge is 2.11. The Hall–Kier alpha value is -2.53. The summed E-state index contributed by atoms with van der Waals surface area (Å²) in [6, 6.07) is 13.7. The van der Waals surface area contributed by atoms with Crippen molar-refractivity contribution in [3.8, 4) is 5.75 Å². The molecule has 2 aromatic carbocycles. The molecule has 0 saturated heterocycles. The molecule has 0 aliphatic heterocycles. The van der Waals surface area contributed by atoms with Gasteiger partial charge >= 0.3 is 5.97 Å². The number of benzene rings is 2. The van der Waals surface area contributed by atoms with Gasteiger partial charge in [0.1, 0.15) is 11.9 Å². The number of aryl methyl sites for hydroxylation is 1. The molecule has 0 aromatic heterocycles. The Morgan fingerprint density at radius 3 is 2.52 bits per heavy atom. The number of halogens is 1. The van der Waals surface area contributed by atoms with E-state index in [2.05, 4.69) is 5.32 Å². The zero-order chi connectivity index (χ0) is 18.2. The number of rotatable bonds is 8. The smallest absolute Gasteiger partial charge is 0.335 e. The molecular formula is C19H20ClNO4. The van der Waals surface area contributed by atoms with E-state index >= 15 is 0 Å². The Morgan fingerprint density at radius 1 is 1.16 bits per heavy atom. The molecule has 0 spiro atoms. The lowest BCUT2D eigenvalue weighted by Gasteiger charge is -2.15. The Kier molecular flexibility index (Phi) is 6.83. The fraction of sp³-hybridized carbons (Fsp3) is 0.263. The number of hydrogen-bond acceptors (Lipinski definition) is 3. The highest BCUT2D eigenvalue weighted by Crippen LogP contribution is 2.16. The maximum atomic E-state index is 12.0. The zero-order valence-electron chi connectivity index (χ0n) is 13.9. The Bertz CT molecular complexity index is 730. The van der Waals surface area contributed by atoms with Crippen LogP contribution in [0.2, 0.25) is 5.02 Å². The fourth-order valence-corrected chi connectivity index (χ4v) is 2.45. The summed E-state index contributed by atoms with van der Waals surface area (Å²) in [4.78, 5) is 23.1. The lowest BCUT2D eigenvalue weighted by molar-refractivity contribution is -0.121. The van der Waals surface area contributed by atoms with E-state index in [0.717, 1.165) is 0 Å². The summed E-state index contributed by atoms with van der Waals surface area (Å²) in [5.74, 6) is -0.450. The van der Waals surface area contributed by atoms with Gasteiger partial charge in [0.25, 0.3) is 0 Å². The van der Waals surface area contributed by atoms with E-state index in [1.165, 1.54) is 6.07 Å². The summed E-state index contributed by atoms with van der Waals surface area (Å²) >= 11 is 5.82. The molecule has 0 aliphatic carbocycles. The second kappa shape index (κ2) is 9.08. The first kappa shape index (κ1) is 18.8. The average molecular weight is 362 g/mol. The lowest BCUT2D eigenvalue weighted by atomic mass is 10.0. The first-order valence-corrected chi connectivity index (χ1v) is 8.33. The molecule has 1 amide bonds. The van der Waals surface area contributed by atoms with Gasteiger partial charge in [-0.1, -0.05) is 29.8 Å². The Morgan fingerprint density at radius 2 is 1.84 bits per heavy atom. The van der Waals surface area contributed by atoms with E-state index in [-0.39, 0.29) is 24.0 Å². The van der Waals surface area contributed by atoms with Crippen LogP contribution in [0.1, 0.15) is 29.3 Å². The van der Waals surface area contributed by atoms with Crippen molar-refractivity contribution in [1.82, 2.24) is 5.32 Å². The van der Waals surface area contributed by atoms with Crippen molar-refractivity contribution in [3.05, 3.63) is 64.7 Å². The van der Waals surface area contributed by atoms with Crippen LogP contribution in [0.25, 0.3) is 0 Å². The lowest BCUT2D eigenvalue weighted by Crippen LogP contribution is -2.33. The molecule has 0 fully saturated rings. The molecule has 0 bridgehead atoms. The van der Waals surface area contributed by atoms with Crippen molar-refractivity contribution in [1.29, 1.82) is 0 Å². The van der Waals surface area contributed by atoms with E-state index in [9.17, 15) is 9.59 Å². The van der Waals surface area contributed by atoms with Gasteiger partial charge in [-0.2, -0.15) is 0 Å². The van der Waals surface area contributed by atoms with E-state index in [1.54, 1.807) is 42.5 Å². The molecule has 0 aliphatic rings. The molecule has 1 unspecified atom stereocenters. The first-order chi connectivity index (χ1) is 12.0. The molecular weight excluding hydrogens is 342 g/mol. The topological polar surface area (TPSA) is 75.6 Å². The molecule has 0 heterocycles. The van der Waals surface area contributed by atoms with Crippen LogP contribution in [-0.2, 0) is 11.2 Å². The van der Waals surface area contributed by atoms with Gasteiger partial charge in [0.05, 0.1) is 12.1 Å². The molecule has 6 heteroatoms. The van der Waals surface area contributed by atoms with Gasteiger partial charge in [0, 0.05) is 11.4 Å². The minimum Gasteiger partial charge on any atom is -0.489 e. The van der Waals surface area contributed by atoms with Crippen LogP contribution >= 0.6 is 11.6 Å². The highest BCUT2D eigenvalue weighted by atomic mass is 35.5. The maximum Gasteiger partial charge on any atom is 0.335 e. The van der Waals surface area contributed by atoms with Crippen LogP contribution in [0.5, 0.6) is 5.75 Å². The number of carboxylic acids is 1. The average Bonchev–Trinajstić information content (AvgIpc) is 2.60. The molecule has 1 atom stereocenters. The Labute approximate surface area is 151 Å². The summed E-state index contributed by atoms with van der Waals surface area (Å²) in [7, 11) is 0. The number of hydrogen-bond donors (Lipinski definition) is 2. The van der Waals surface area contributed by atoms with Crippen LogP contribution in [0, 0.1) is 0 Å². The second-order valence-electron chi connectivity index (χ2n) is 5.65. The SMILES string of the molecule is CC(CNC(=O)CCc1ccccc1C(=O)O)Oc1ccc(Cl)cc1. The molecule has 0 saturated carbocycles. The van der Waals surface area contributed by atoms with Crippen molar-refractivity contribution in [2.24, 2.45) is 0 Å². The fourth-order valence-electron chi connectivity index (χ4n) is 2.33. The minimum atomic E-state index is -0.985. The Balaban J connectivity index is 1.77.